The number of aromatic nitrogens is 1. The number of aliphatic hydroxyl groups excluding tert-OH is 1. The van der Waals surface area contributed by atoms with Crippen LogP contribution in [0, 0.1) is 11.6 Å². The number of carbonyl (C=O) groups excluding carboxylic acids is 1. The summed E-state index contributed by atoms with van der Waals surface area (Å²) in [7, 11) is -2.68. The van der Waals surface area contributed by atoms with E-state index in [4.69, 9.17) is 5.14 Å². The number of sulfonamides is 1. The van der Waals surface area contributed by atoms with Gasteiger partial charge in [-0.3, -0.25) is 4.79 Å². The van der Waals surface area contributed by atoms with Crippen LogP contribution >= 0.6 is 0 Å². The van der Waals surface area contributed by atoms with E-state index in [-0.39, 0.29) is 29.2 Å². The van der Waals surface area contributed by atoms with Gasteiger partial charge < -0.3 is 20.3 Å². The Morgan fingerprint density at radius 3 is 2.33 bits per heavy atom. The molecule has 1 aromatic heterocycles. The van der Waals surface area contributed by atoms with Crippen LogP contribution < -0.4 is 15.8 Å². The van der Waals surface area contributed by atoms with Crippen LogP contribution in [-0.4, -0.2) is 42.7 Å². The van der Waals surface area contributed by atoms with Gasteiger partial charge in [-0.05, 0) is 53.8 Å². The molecule has 1 amide bonds. The summed E-state index contributed by atoms with van der Waals surface area (Å²) in [4.78, 5) is 13.0. The van der Waals surface area contributed by atoms with Crippen molar-refractivity contribution in [2.45, 2.75) is 43.5 Å². The van der Waals surface area contributed by atoms with Gasteiger partial charge in [-0.25, -0.2) is 22.3 Å². The molecule has 0 aliphatic rings. The molecule has 0 saturated heterocycles. The fourth-order valence-electron chi connectivity index (χ4n) is 3.98. The zero-order chi connectivity index (χ0) is 26.5. The molecule has 2 aromatic carbocycles. The Morgan fingerprint density at radius 1 is 1.06 bits per heavy atom. The molecule has 0 aliphatic carbocycles. The van der Waals surface area contributed by atoms with E-state index < -0.39 is 39.7 Å². The van der Waals surface area contributed by atoms with Crippen LogP contribution in [-0.2, 0) is 36.5 Å². The predicted molar refractivity (Wildman–Crippen MR) is 132 cm³/mol. The van der Waals surface area contributed by atoms with Gasteiger partial charge >= 0.3 is 0 Å². The predicted octanol–water partition coefficient (Wildman–Crippen LogP) is 2.00. The van der Waals surface area contributed by atoms with Crippen LogP contribution in [0.25, 0.3) is 0 Å². The molecule has 36 heavy (non-hydrogen) atoms. The van der Waals surface area contributed by atoms with Crippen molar-refractivity contribution < 1.29 is 27.1 Å². The number of carbonyl (C=O) groups is 1. The summed E-state index contributed by atoms with van der Waals surface area (Å²) >= 11 is 0. The number of aliphatic hydroxyl groups is 1. The minimum Gasteiger partial charge on any atom is -0.390 e. The smallest absolute Gasteiger partial charge is 0.268 e. The largest absolute Gasteiger partial charge is 0.390 e. The van der Waals surface area contributed by atoms with E-state index in [0.717, 1.165) is 34.8 Å². The van der Waals surface area contributed by atoms with Crippen LogP contribution in [0.15, 0.2) is 59.6 Å². The topological polar surface area (TPSA) is 126 Å². The standard InChI is InChI=1S/C25H30F2N4O4S/c1-3-16-5-4-6-17(9-16)14-29-15-23(32)21(12-18-10-19(26)13-20(27)11-18)30-25(33)22-7-8-24(31(22)2)36(28,34)35/h4-11,13,21,23,29,32H,3,12,14-15H2,1-2H3,(H,30,33)(H2,28,34,35)/t21-,23+/m0/s1. The third kappa shape index (κ3) is 7.20. The number of benzene rings is 2. The summed E-state index contributed by atoms with van der Waals surface area (Å²) in [6.07, 6.45) is -0.310. The molecule has 1 heterocycles. The Hall–Kier alpha value is -3.12. The normalized spacial score (nSPS) is 13.4. The van der Waals surface area contributed by atoms with E-state index in [1.807, 2.05) is 24.3 Å². The van der Waals surface area contributed by atoms with E-state index >= 15 is 0 Å². The molecule has 0 radical (unpaired) electrons. The first-order chi connectivity index (χ1) is 17.0. The summed E-state index contributed by atoms with van der Waals surface area (Å²) in [5, 5.41) is 21.6. The van der Waals surface area contributed by atoms with Gasteiger partial charge in [-0.15, -0.1) is 0 Å². The second-order valence-corrected chi connectivity index (χ2v) is 10.1. The van der Waals surface area contributed by atoms with Gasteiger partial charge in [0.2, 0.25) is 0 Å². The maximum atomic E-state index is 13.8. The number of nitrogens with one attached hydrogen (secondary N) is 2. The molecule has 0 spiro atoms. The van der Waals surface area contributed by atoms with Crippen molar-refractivity contribution >= 4 is 15.9 Å². The number of rotatable bonds is 11. The second kappa shape index (κ2) is 11.7. The first kappa shape index (κ1) is 27.5. The third-order valence-electron chi connectivity index (χ3n) is 5.84. The van der Waals surface area contributed by atoms with Crippen LogP contribution in [0.3, 0.4) is 0 Å². The third-order valence-corrected chi connectivity index (χ3v) is 6.83. The number of hydrogen-bond donors (Lipinski definition) is 4. The molecular weight excluding hydrogens is 490 g/mol. The Morgan fingerprint density at radius 2 is 1.72 bits per heavy atom. The zero-order valence-corrected chi connectivity index (χ0v) is 20.9. The van der Waals surface area contributed by atoms with Gasteiger partial charge in [0, 0.05) is 26.2 Å². The number of primary sulfonamides is 1. The summed E-state index contributed by atoms with van der Waals surface area (Å²) in [6.45, 7) is 2.60. The van der Waals surface area contributed by atoms with Crippen molar-refractivity contribution in [3.05, 3.63) is 88.6 Å². The average molecular weight is 521 g/mol. The summed E-state index contributed by atoms with van der Waals surface area (Å²) in [5.74, 6) is -2.23. The number of amides is 1. The van der Waals surface area contributed by atoms with Gasteiger partial charge in [0.1, 0.15) is 17.3 Å². The summed E-state index contributed by atoms with van der Waals surface area (Å²) < 4.78 is 52.0. The van der Waals surface area contributed by atoms with Crippen molar-refractivity contribution in [3.8, 4) is 0 Å². The molecule has 11 heteroatoms. The van der Waals surface area contributed by atoms with Gasteiger partial charge in [0.25, 0.3) is 15.9 Å². The zero-order valence-electron chi connectivity index (χ0n) is 20.0. The molecule has 0 bridgehead atoms. The Labute approximate surface area is 209 Å². The number of nitrogens with zero attached hydrogens (tertiary/aromatic N) is 1. The van der Waals surface area contributed by atoms with Crippen LogP contribution in [0.4, 0.5) is 8.78 Å². The molecule has 194 valence electrons. The highest BCUT2D eigenvalue weighted by Crippen LogP contribution is 2.15. The lowest BCUT2D eigenvalue weighted by molar-refractivity contribution is 0.0821. The van der Waals surface area contributed by atoms with Crippen molar-refractivity contribution in [1.82, 2.24) is 15.2 Å². The van der Waals surface area contributed by atoms with E-state index in [1.54, 1.807) is 0 Å². The SMILES string of the molecule is CCc1cccc(CNC[C@@H](O)[C@H](Cc2cc(F)cc(F)c2)NC(=O)c2ccc(S(N)(=O)=O)n2C)c1. The summed E-state index contributed by atoms with van der Waals surface area (Å²) in [5.41, 5.74) is 2.43. The molecule has 5 N–H and O–H groups in total. The van der Waals surface area contributed by atoms with E-state index in [2.05, 4.69) is 17.6 Å². The summed E-state index contributed by atoms with van der Waals surface area (Å²) in [6, 6.07) is 12.5. The molecule has 0 unspecified atom stereocenters. The lowest BCUT2D eigenvalue weighted by Crippen LogP contribution is -2.49. The van der Waals surface area contributed by atoms with Gasteiger partial charge in [-0.1, -0.05) is 31.2 Å². The second-order valence-electron chi connectivity index (χ2n) is 8.59. The van der Waals surface area contributed by atoms with Gasteiger partial charge in [0.05, 0.1) is 12.1 Å². The Bertz CT molecular complexity index is 1310. The molecule has 0 saturated carbocycles. The van der Waals surface area contributed by atoms with Crippen LogP contribution in [0.2, 0.25) is 0 Å². The molecule has 8 nitrogen and oxygen atoms in total. The van der Waals surface area contributed by atoms with Gasteiger partial charge in [-0.2, -0.15) is 0 Å². The monoisotopic (exact) mass is 520 g/mol. The van der Waals surface area contributed by atoms with Crippen LogP contribution in [0.1, 0.15) is 34.1 Å². The molecule has 3 aromatic rings. The highest BCUT2D eigenvalue weighted by molar-refractivity contribution is 7.89. The first-order valence-electron chi connectivity index (χ1n) is 11.4. The van der Waals surface area contributed by atoms with Crippen molar-refractivity contribution in [2.75, 3.05) is 6.54 Å². The fourth-order valence-corrected chi connectivity index (χ4v) is 4.72. The van der Waals surface area contributed by atoms with Crippen molar-refractivity contribution in [1.29, 1.82) is 0 Å². The molecular formula is C25H30F2N4O4S. The fraction of sp³-hybridized carbons (Fsp3) is 0.320. The lowest BCUT2D eigenvalue weighted by Gasteiger charge is -2.25. The van der Waals surface area contributed by atoms with Crippen molar-refractivity contribution in [2.24, 2.45) is 12.2 Å². The highest BCUT2D eigenvalue weighted by atomic mass is 32.2. The highest BCUT2D eigenvalue weighted by Gasteiger charge is 2.25. The van der Waals surface area contributed by atoms with Crippen LogP contribution in [0.5, 0.6) is 0 Å². The maximum absolute atomic E-state index is 13.8. The molecule has 2 atom stereocenters. The van der Waals surface area contributed by atoms with E-state index in [1.165, 1.54) is 24.7 Å². The Balaban J connectivity index is 1.77. The Kier molecular flexibility index (Phi) is 8.96. The minimum atomic E-state index is -4.05. The molecule has 0 fully saturated rings. The average Bonchev–Trinajstić information content (AvgIpc) is 3.20. The number of aryl methyl sites for hydroxylation is 1. The lowest BCUT2D eigenvalue weighted by atomic mass is 10.00. The minimum absolute atomic E-state index is 0.00834. The first-order valence-corrected chi connectivity index (χ1v) is 12.9. The number of hydrogen-bond acceptors (Lipinski definition) is 5. The number of halogens is 2. The van der Waals surface area contributed by atoms with Gasteiger partial charge in [0.15, 0.2) is 5.03 Å². The molecule has 3 rings (SSSR count). The van der Waals surface area contributed by atoms with E-state index in [9.17, 15) is 27.1 Å². The molecule has 0 aliphatic heterocycles. The number of nitrogens with two attached hydrogens (primary N) is 1. The quantitative estimate of drug-likeness (QED) is 0.308. The van der Waals surface area contributed by atoms with Crippen molar-refractivity contribution in [3.63, 3.8) is 0 Å². The maximum Gasteiger partial charge on any atom is 0.268 e. The van der Waals surface area contributed by atoms with E-state index in [0.29, 0.717) is 6.54 Å².